The maximum atomic E-state index is 13.9. The minimum atomic E-state index is -2.47. The zero-order chi connectivity index (χ0) is 42.2. The molecule has 0 aromatic carbocycles. The average Bonchev–Trinajstić information content (AvgIpc) is 3.40. The molecule has 16 nitrogen and oxygen atoms in total. The van der Waals surface area contributed by atoms with E-state index in [1.165, 1.54) is 6.92 Å². The minimum Gasteiger partial charge on any atom is -0.458 e. The van der Waals surface area contributed by atoms with Gasteiger partial charge in [0.05, 0.1) is 41.2 Å². The minimum absolute atomic E-state index is 0.0170. The summed E-state index contributed by atoms with van der Waals surface area (Å²) in [6.45, 7) is 14.7. The molecule has 0 unspecified atom stereocenters. The number of carbonyl (C=O) groups is 4. The number of rotatable bonds is 8. The van der Waals surface area contributed by atoms with E-state index in [1.54, 1.807) is 20.8 Å². The number of ether oxygens (including phenoxy) is 5. The smallest absolute Gasteiger partial charge is 0.341 e. The van der Waals surface area contributed by atoms with Gasteiger partial charge >= 0.3 is 23.9 Å². The van der Waals surface area contributed by atoms with E-state index in [-0.39, 0.29) is 25.3 Å². The quantitative estimate of drug-likeness (QED) is 0.145. The molecule has 7 rings (SSSR count). The molecule has 4 aliphatic carbocycles. The van der Waals surface area contributed by atoms with Crippen LogP contribution in [-0.2, 0) is 42.9 Å². The van der Waals surface area contributed by atoms with Crippen molar-refractivity contribution in [2.45, 2.75) is 172 Å². The summed E-state index contributed by atoms with van der Waals surface area (Å²) in [7, 11) is 0. The second kappa shape index (κ2) is 13.8. The molecule has 3 heterocycles. The molecule has 7 fully saturated rings. The van der Waals surface area contributed by atoms with Gasteiger partial charge in [-0.2, -0.15) is 0 Å². The fraction of sp³-hybridized carbons (Fsp3) is 0.902. The molecule has 1 spiro atoms. The average molecular weight is 810 g/mol. The Balaban J connectivity index is 1.45. The Morgan fingerprint density at radius 1 is 0.930 bits per heavy atom. The highest BCUT2D eigenvalue weighted by Gasteiger charge is 2.90. The van der Waals surface area contributed by atoms with Crippen molar-refractivity contribution in [3.05, 3.63) is 0 Å². The topological polar surface area (TPSA) is 239 Å². The van der Waals surface area contributed by atoms with Crippen LogP contribution in [0.1, 0.15) is 101 Å². The molecular formula is C41H63NO15. The van der Waals surface area contributed by atoms with Gasteiger partial charge in [0.25, 0.3) is 0 Å². The second-order valence-electron chi connectivity index (χ2n) is 19.4. The molecule has 0 aromatic rings. The summed E-state index contributed by atoms with van der Waals surface area (Å²) < 4.78 is 31.1. The van der Waals surface area contributed by atoms with Gasteiger partial charge in [-0.1, -0.05) is 27.7 Å². The van der Waals surface area contributed by atoms with Crippen LogP contribution in [0, 0.1) is 46.8 Å². The van der Waals surface area contributed by atoms with Crippen molar-refractivity contribution in [3.8, 4) is 0 Å². The van der Waals surface area contributed by atoms with E-state index in [1.807, 2.05) is 6.92 Å². The number of esters is 4. The Labute approximate surface area is 333 Å². The van der Waals surface area contributed by atoms with Gasteiger partial charge < -0.3 is 54.3 Å². The first-order valence-electron chi connectivity index (χ1n) is 20.8. The molecule has 4 saturated carbocycles. The van der Waals surface area contributed by atoms with Crippen LogP contribution in [0.15, 0.2) is 0 Å². The van der Waals surface area contributed by atoms with Gasteiger partial charge in [0, 0.05) is 44.3 Å². The number of hydrogen-bond donors (Lipinski definition) is 6. The normalized spacial score (nSPS) is 50.4. The van der Waals surface area contributed by atoms with Crippen molar-refractivity contribution in [1.82, 2.24) is 4.90 Å². The Hall–Kier alpha value is -2.44. The maximum Gasteiger partial charge on any atom is 0.341 e. The lowest BCUT2D eigenvalue weighted by Gasteiger charge is -2.64. The van der Waals surface area contributed by atoms with E-state index in [2.05, 4.69) is 11.8 Å². The van der Waals surface area contributed by atoms with Gasteiger partial charge in [-0.25, -0.2) is 4.79 Å². The molecule has 16 heteroatoms. The van der Waals surface area contributed by atoms with Gasteiger partial charge in [0.15, 0.2) is 17.8 Å². The lowest BCUT2D eigenvalue weighted by molar-refractivity contribution is -0.301. The van der Waals surface area contributed by atoms with Crippen LogP contribution in [0.3, 0.4) is 0 Å². The molecule has 4 bridgehead atoms. The molecule has 6 N–H and O–H groups in total. The predicted octanol–water partition coefficient (Wildman–Crippen LogP) is 0.578. The summed E-state index contributed by atoms with van der Waals surface area (Å²) in [5.41, 5.74) is -9.03. The number of hydrogen-bond acceptors (Lipinski definition) is 16. The van der Waals surface area contributed by atoms with E-state index < -0.39 is 130 Å². The fourth-order valence-corrected chi connectivity index (χ4v) is 13.1. The summed E-state index contributed by atoms with van der Waals surface area (Å²) in [5.74, 6) is -11.5. The van der Waals surface area contributed by atoms with E-state index >= 15 is 0 Å². The second-order valence-corrected chi connectivity index (χ2v) is 19.4. The van der Waals surface area contributed by atoms with Crippen LogP contribution in [0.4, 0.5) is 0 Å². The van der Waals surface area contributed by atoms with Crippen LogP contribution in [-0.4, -0.2) is 143 Å². The van der Waals surface area contributed by atoms with Crippen molar-refractivity contribution in [3.63, 3.8) is 0 Å². The van der Waals surface area contributed by atoms with E-state index in [4.69, 9.17) is 23.7 Å². The highest BCUT2D eigenvalue weighted by Crippen LogP contribution is 2.78. The zero-order valence-corrected chi connectivity index (χ0v) is 34.5. The maximum absolute atomic E-state index is 13.9. The summed E-state index contributed by atoms with van der Waals surface area (Å²) in [6.07, 6.45) is -7.41. The standard InChI is InChI=1S/C41H63NO15/c1-10-19(3)34(47)56-33-28(46)27-23(17-42-16-18(2)11-12-25(42)38(27,9)50)24-15-39-32(40(24,33)51)30(54-22(6)45)29(53-21(5)44)31-36(39,7)14-13-26(41(31,52)57-39)55-35(48)37(8,49)20(4)43/h18-20,23-33,43,46,49-52H,10-17H2,1-9H3/t18-,19+,20+,23-,24-,25-,26-,27+,28+,29-,30+,31-,32+,33-,36-,37-,38+,39-,40-,41+/m0/s1. The van der Waals surface area contributed by atoms with Gasteiger partial charge in [-0.3, -0.25) is 19.3 Å². The first-order valence-corrected chi connectivity index (χ1v) is 20.8. The summed E-state index contributed by atoms with van der Waals surface area (Å²) >= 11 is 0. The Bertz CT molecular complexity index is 1650. The Morgan fingerprint density at radius 3 is 2.12 bits per heavy atom. The van der Waals surface area contributed by atoms with Gasteiger partial charge in [-0.15, -0.1) is 0 Å². The summed E-state index contributed by atoms with van der Waals surface area (Å²) in [5, 5.41) is 73.2. The molecule has 322 valence electrons. The zero-order valence-electron chi connectivity index (χ0n) is 34.5. The number of nitrogens with zero attached hydrogens (tertiary/aromatic N) is 1. The van der Waals surface area contributed by atoms with Crippen LogP contribution in [0.5, 0.6) is 0 Å². The van der Waals surface area contributed by atoms with Crippen molar-refractivity contribution in [2.24, 2.45) is 46.8 Å². The van der Waals surface area contributed by atoms with Crippen LogP contribution >= 0.6 is 0 Å². The highest BCUT2D eigenvalue weighted by molar-refractivity contribution is 5.79. The molecular weight excluding hydrogens is 746 g/mol. The van der Waals surface area contributed by atoms with Crippen LogP contribution < -0.4 is 0 Å². The fourth-order valence-electron chi connectivity index (χ4n) is 13.1. The number of carbonyl (C=O) groups excluding carboxylic acids is 4. The van der Waals surface area contributed by atoms with Crippen molar-refractivity contribution in [2.75, 3.05) is 13.1 Å². The molecule has 7 aliphatic rings. The molecule has 0 amide bonds. The third-order valence-corrected chi connectivity index (χ3v) is 16.1. The third kappa shape index (κ3) is 5.81. The largest absolute Gasteiger partial charge is 0.458 e. The lowest BCUT2D eigenvalue weighted by atomic mass is 9.48. The first-order chi connectivity index (χ1) is 26.3. The number of piperidine rings is 2. The van der Waals surface area contributed by atoms with Crippen LogP contribution in [0.25, 0.3) is 0 Å². The Morgan fingerprint density at radius 2 is 1.54 bits per heavy atom. The van der Waals surface area contributed by atoms with Crippen molar-refractivity contribution < 1.29 is 73.5 Å². The first kappa shape index (κ1) is 42.7. The molecule has 57 heavy (non-hydrogen) atoms. The third-order valence-electron chi connectivity index (χ3n) is 16.1. The predicted molar refractivity (Wildman–Crippen MR) is 196 cm³/mol. The Kier molecular flexibility index (Phi) is 10.3. The number of fused-ring (bicyclic) bond motifs is 5. The molecule has 3 saturated heterocycles. The monoisotopic (exact) mass is 809 g/mol. The molecule has 0 aromatic heterocycles. The number of aliphatic hydroxyl groups is 6. The SMILES string of the molecule is CC[C@@H](C)C(=O)O[C@H]1[C@H](O)[C@H]2[C@@H](CN3C[C@@H](C)CC[C@H]3[C@@]2(C)O)[C@@H]2C[C@@]34O[C@]5(O)[C@@H](OC(=O)[C@@](C)(O)[C@@H](C)O)CC[C@@]3(C)[C@@H]5[C@@H](OC(C)=O)[C@@H](OC(C)=O)[C@H]4[C@@]21O. The van der Waals surface area contributed by atoms with Gasteiger partial charge in [0.1, 0.15) is 17.8 Å². The summed E-state index contributed by atoms with van der Waals surface area (Å²) in [4.78, 5) is 55.6. The van der Waals surface area contributed by atoms with E-state index in [0.29, 0.717) is 31.8 Å². The molecule has 20 atom stereocenters. The van der Waals surface area contributed by atoms with Gasteiger partial charge in [-0.05, 0) is 77.0 Å². The highest BCUT2D eigenvalue weighted by atomic mass is 16.7. The van der Waals surface area contributed by atoms with E-state index in [0.717, 1.165) is 27.2 Å². The molecule has 3 aliphatic heterocycles. The van der Waals surface area contributed by atoms with E-state index in [9.17, 15) is 49.8 Å². The lowest BCUT2D eigenvalue weighted by Crippen LogP contribution is -2.78. The van der Waals surface area contributed by atoms with Crippen molar-refractivity contribution in [1.29, 1.82) is 0 Å². The summed E-state index contributed by atoms with van der Waals surface area (Å²) in [6, 6.07) is -0.329. The van der Waals surface area contributed by atoms with Gasteiger partial charge in [0.2, 0.25) is 5.79 Å². The number of aliphatic hydroxyl groups excluding tert-OH is 2. The van der Waals surface area contributed by atoms with Crippen molar-refractivity contribution >= 4 is 23.9 Å². The van der Waals surface area contributed by atoms with Crippen LogP contribution in [0.2, 0.25) is 0 Å². The molecule has 0 radical (unpaired) electrons.